The summed E-state index contributed by atoms with van der Waals surface area (Å²) in [5.74, 6) is 2.68. The van der Waals surface area contributed by atoms with Gasteiger partial charge in [0.15, 0.2) is 0 Å². The molecule has 1 heteroatoms. The predicted octanol–water partition coefficient (Wildman–Crippen LogP) is 4.39. The molecule has 0 aromatic rings. The molecule has 17 heavy (non-hydrogen) atoms. The number of nitrogens with one attached hydrogen (secondary N) is 1. The largest absolute Gasteiger partial charge is 0.312 e. The molecule has 0 aromatic carbocycles. The van der Waals surface area contributed by atoms with Gasteiger partial charge in [-0.25, -0.2) is 0 Å². The van der Waals surface area contributed by atoms with Gasteiger partial charge in [0.25, 0.3) is 0 Å². The Labute approximate surface area is 108 Å². The van der Waals surface area contributed by atoms with E-state index in [4.69, 9.17) is 0 Å². The van der Waals surface area contributed by atoms with Crippen molar-refractivity contribution in [1.82, 2.24) is 5.32 Å². The summed E-state index contributed by atoms with van der Waals surface area (Å²) in [6, 6.07) is 0. The van der Waals surface area contributed by atoms with Gasteiger partial charge in [-0.2, -0.15) is 0 Å². The first-order valence-corrected chi connectivity index (χ1v) is 7.32. The van der Waals surface area contributed by atoms with Gasteiger partial charge in [0.05, 0.1) is 0 Å². The van der Waals surface area contributed by atoms with E-state index in [9.17, 15) is 0 Å². The van der Waals surface area contributed by atoms with Crippen LogP contribution >= 0.6 is 0 Å². The van der Waals surface area contributed by atoms with Crippen LogP contribution in [0.1, 0.15) is 59.8 Å². The first kappa shape index (κ1) is 14.8. The van der Waals surface area contributed by atoms with E-state index in [0.29, 0.717) is 0 Å². The van der Waals surface area contributed by atoms with Crippen LogP contribution in [0.25, 0.3) is 0 Å². The second kappa shape index (κ2) is 6.58. The van der Waals surface area contributed by atoms with E-state index >= 15 is 0 Å². The van der Waals surface area contributed by atoms with E-state index in [1.54, 1.807) is 0 Å². The van der Waals surface area contributed by atoms with E-state index in [1.165, 1.54) is 38.6 Å². The van der Waals surface area contributed by atoms with Gasteiger partial charge in [-0.15, -0.1) is 6.58 Å². The quantitative estimate of drug-likeness (QED) is 0.699. The minimum Gasteiger partial charge on any atom is -0.312 e. The standard InChI is InChI=1S/C16H31N/c1-6-8-14-11-13(7-2)9-10-15(14)12-17-16(3,4)5/h6,13-15,17H,1,7-12H2,2-5H3. The fourth-order valence-corrected chi connectivity index (χ4v) is 3.00. The second-order valence-electron chi connectivity index (χ2n) is 6.76. The Morgan fingerprint density at radius 1 is 1.24 bits per heavy atom. The molecule has 0 spiro atoms. The minimum atomic E-state index is 0.250. The normalized spacial score (nSPS) is 30.2. The molecule has 100 valence electrons. The van der Waals surface area contributed by atoms with Crippen molar-refractivity contribution in [3.8, 4) is 0 Å². The Kier molecular flexibility index (Phi) is 5.72. The summed E-state index contributed by atoms with van der Waals surface area (Å²) in [4.78, 5) is 0. The summed E-state index contributed by atoms with van der Waals surface area (Å²) in [5.41, 5.74) is 0.250. The van der Waals surface area contributed by atoms with Gasteiger partial charge < -0.3 is 5.32 Å². The summed E-state index contributed by atoms with van der Waals surface area (Å²) in [7, 11) is 0. The summed E-state index contributed by atoms with van der Waals surface area (Å²) < 4.78 is 0. The highest BCUT2D eigenvalue weighted by Gasteiger charge is 2.29. The summed E-state index contributed by atoms with van der Waals surface area (Å²) in [6.45, 7) is 14.2. The minimum absolute atomic E-state index is 0.250. The monoisotopic (exact) mass is 237 g/mol. The molecule has 1 rings (SSSR count). The third-order valence-electron chi connectivity index (χ3n) is 4.19. The topological polar surface area (TPSA) is 12.0 Å². The summed E-state index contributed by atoms with van der Waals surface area (Å²) in [5, 5.41) is 3.68. The molecule has 1 N–H and O–H groups in total. The zero-order valence-electron chi connectivity index (χ0n) is 12.3. The molecule has 0 heterocycles. The molecule has 1 fully saturated rings. The van der Waals surface area contributed by atoms with Crippen molar-refractivity contribution in [2.45, 2.75) is 65.3 Å². The van der Waals surface area contributed by atoms with Crippen LogP contribution in [0.5, 0.6) is 0 Å². The van der Waals surface area contributed by atoms with E-state index in [-0.39, 0.29) is 5.54 Å². The number of hydrogen-bond donors (Lipinski definition) is 1. The van der Waals surface area contributed by atoms with Crippen molar-refractivity contribution in [2.75, 3.05) is 6.54 Å². The fourth-order valence-electron chi connectivity index (χ4n) is 3.00. The van der Waals surface area contributed by atoms with E-state index in [2.05, 4.69) is 45.7 Å². The maximum atomic E-state index is 3.93. The van der Waals surface area contributed by atoms with Crippen LogP contribution in [0.3, 0.4) is 0 Å². The Bertz CT molecular complexity index is 226. The zero-order valence-corrected chi connectivity index (χ0v) is 12.3. The van der Waals surface area contributed by atoms with Crippen molar-refractivity contribution >= 4 is 0 Å². The predicted molar refractivity (Wildman–Crippen MR) is 77.2 cm³/mol. The molecule has 1 nitrogen and oxygen atoms in total. The Balaban J connectivity index is 2.48. The summed E-state index contributed by atoms with van der Waals surface area (Å²) in [6.07, 6.45) is 8.92. The molecule has 0 saturated heterocycles. The van der Waals surface area contributed by atoms with Gasteiger partial charge in [0, 0.05) is 5.54 Å². The van der Waals surface area contributed by atoms with E-state index in [1.807, 2.05) is 0 Å². The maximum absolute atomic E-state index is 3.93. The SMILES string of the molecule is C=CCC1CC(CC)CCC1CNC(C)(C)C. The fraction of sp³-hybridized carbons (Fsp3) is 0.875. The molecule has 0 amide bonds. The molecule has 1 saturated carbocycles. The number of rotatable bonds is 5. The Morgan fingerprint density at radius 2 is 1.94 bits per heavy atom. The molecule has 1 aliphatic carbocycles. The van der Waals surface area contributed by atoms with Crippen molar-refractivity contribution in [1.29, 1.82) is 0 Å². The zero-order chi connectivity index (χ0) is 12.9. The molecule has 0 aromatic heterocycles. The van der Waals surface area contributed by atoms with Gasteiger partial charge in [-0.1, -0.05) is 25.8 Å². The third kappa shape index (κ3) is 5.25. The van der Waals surface area contributed by atoms with Crippen LogP contribution in [0.4, 0.5) is 0 Å². The second-order valence-corrected chi connectivity index (χ2v) is 6.76. The lowest BCUT2D eigenvalue weighted by Gasteiger charge is -2.37. The van der Waals surface area contributed by atoms with Crippen molar-refractivity contribution in [3.63, 3.8) is 0 Å². The molecule has 0 bridgehead atoms. The van der Waals surface area contributed by atoms with Crippen LogP contribution < -0.4 is 5.32 Å². The molecule has 3 atom stereocenters. The van der Waals surface area contributed by atoms with Crippen LogP contribution in [0.2, 0.25) is 0 Å². The van der Waals surface area contributed by atoms with Crippen molar-refractivity contribution in [3.05, 3.63) is 12.7 Å². The van der Waals surface area contributed by atoms with Gasteiger partial charge in [0.1, 0.15) is 0 Å². The van der Waals surface area contributed by atoms with Gasteiger partial charge >= 0.3 is 0 Å². The number of hydrogen-bond acceptors (Lipinski definition) is 1. The van der Waals surface area contributed by atoms with Crippen LogP contribution in [0, 0.1) is 17.8 Å². The third-order valence-corrected chi connectivity index (χ3v) is 4.19. The van der Waals surface area contributed by atoms with Crippen molar-refractivity contribution in [2.24, 2.45) is 17.8 Å². The smallest absolute Gasteiger partial charge is 0.00966 e. The lowest BCUT2D eigenvalue weighted by atomic mass is 9.71. The molecular formula is C16H31N. The lowest BCUT2D eigenvalue weighted by Crippen LogP contribution is -2.42. The van der Waals surface area contributed by atoms with Crippen LogP contribution in [-0.2, 0) is 0 Å². The first-order valence-electron chi connectivity index (χ1n) is 7.32. The van der Waals surface area contributed by atoms with Crippen LogP contribution in [-0.4, -0.2) is 12.1 Å². The average molecular weight is 237 g/mol. The Morgan fingerprint density at radius 3 is 2.47 bits per heavy atom. The highest BCUT2D eigenvalue weighted by molar-refractivity contribution is 4.86. The molecular weight excluding hydrogens is 206 g/mol. The summed E-state index contributed by atoms with van der Waals surface area (Å²) >= 11 is 0. The van der Waals surface area contributed by atoms with Gasteiger partial charge in [-0.05, 0) is 64.3 Å². The highest BCUT2D eigenvalue weighted by Crippen LogP contribution is 2.37. The van der Waals surface area contributed by atoms with Gasteiger partial charge in [-0.3, -0.25) is 0 Å². The number of allylic oxidation sites excluding steroid dienone is 1. The first-order chi connectivity index (χ1) is 7.96. The maximum Gasteiger partial charge on any atom is 0.00966 e. The Hall–Kier alpha value is -0.300. The van der Waals surface area contributed by atoms with Gasteiger partial charge in [0.2, 0.25) is 0 Å². The van der Waals surface area contributed by atoms with E-state index in [0.717, 1.165) is 17.8 Å². The molecule has 1 aliphatic rings. The average Bonchev–Trinajstić information content (AvgIpc) is 2.26. The highest BCUT2D eigenvalue weighted by atomic mass is 14.9. The van der Waals surface area contributed by atoms with E-state index < -0.39 is 0 Å². The van der Waals surface area contributed by atoms with Crippen LogP contribution in [0.15, 0.2) is 12.7 Å². The molecule has 3 unspecified atom stereocenters. The molecule has 0 aliphatic heterocycles. The molecule has 0 radical (unpaired) electrons. The lowest BCUT2D eigenvalue weighted by molar-refractivity contribution is 0.165. The van der Waals surface area contributed by atoms with Crippen molar-refractivity contribution < 1.29 is 0 Å².